The van der Waals surface area contributed by atoms with Crippen LogP contribution >= 0.6 is 0 Å². The summed E-state index contributed by atoms with van der Waals surface area (Å²) in [5.74, 6) is -1.65. The number of nitrogens with one attached hydrogen (secondary N) is 3. The van der Waals surface area contributed by atoms with E-state index >= 15 is 0 Å². The van der Waals surface area contributed by atoms with E-state index in [1.807, 2.05) is 26.0 Å². The molecule has 2 unspecified atom stereocenters. The van der Waals surface area contributed by atoms with Gasteiger partial charge < -0.3 is 20.7 Å². The van der Waals surface area contributed by atoms with Gasteiger partial charge >= 0.3 is 6.09 Å². The Bertz CT molecular complexity index is 772. The van der Waals surface area contributed by atoms with Gasteiger partial charge in [-0.05, 0) is 50.9 Å². The summed E-state index contributed by atoms with van der Waals surface area (Å²) in [6.07, 6.45) is 11.5. The van der Waals surface area contributed by atoms with Crippen LogP contribution in [0, 0.1) is 11.8 Å². The molecule has 1 aliphatic heterocycles. The molecule has 0 aromatic rings. The minimum Gasteiger partial charge on any atom is -0.446 e. The maximum Gasteiger partial charge on any atom is 0.408 e. The van der Waals surface area contributed by atoms with Crippen LogP contribution in [0.15, 0.2) is 12.2 Å². The zero-order chi connectivity index (χ0) is 28.5. The first-order valence-corrected chi connectivity index (χ1v) is 14.1. The van der Waals surface area contributed by atoms with Gasteiger partial charge in [0.25, 0.3) is 5.91 Å². The summed E-state index contributed by atoms with van der Waals surface area (Å²) in [6.45, 7) is 6.07. The minimum absolute atomic E-state index is 0.0848. The predicted molar refractivity (Wildman–Crippen MR) is 147 cm³/mol. The number of carbonyl (C=O) groups is 4. The Kier molecular flexibility index (Phi) is 16.4. The SMILES string of the molecule is CCCCCCCC1CCC=CCC(C(=O)NC)C[C@@H](C(=O)N(C)OC)NC(=O)[C@H](CC(C)C)NC(=O)O1. The summed E-state index contributed by atoms with van der Waals surface area (Å²) in [7, 11) is 4.35. The molecule has 0 aromatic heterocycles. The summed E-state index contributed by atoms with van der Waals surface area (Å²) in [5, 5.41) is 9.18. The lowest BCUT2D eigenvalue weighted by atomic mass is 9.93. The lowest BCUT2D eigenvalue weighted by Crippen LogP contribution is -2.55. The molecule has 218 valence electrons. The third-order valence-corrected chi connectivity index (χ3v) is 6.80. The molecular weight excluding hydrogens is 488 g/mol. The second-order valence-electron chi connectivity index (χ2n) is 10.5. The number of rotatable bonds is 11. The minimum atomic E-state index is -1.02. The summed E-state index contributed by atoms with van der Waals surface area (Å²) >= 11 is 0. The van der Waals surface area contributed by atoms with Crippen LogP contribution in [0.1, 0.15) is 91.4 Å². The third kappa shape index (κ3) is 12.8. The molecular formula is C28H50N4O6. The Labute approximate surface area is 228 Å². The standard InChI is InChI=1S/C28H50N4O6/c1-7-8-9-10-13-16-22-17-14-11-12-15-21(25(33)29-4)19-24(27(35)32(5)37-6)30-26(34)23(18-20(2)3)31-28(36)38-22/h11-12,20-24H,7-10,13-19H2,1-6H3,(H,29,33)(H,30,34)(H,31,36)/t21?,22?,23-,24-/m0/s1. The number of hydrogen-bond donors (Lipinski definition) is 3. The lowest BCUT2D eigenvalue weighted by Gasteiger charge is -2.28. The Morgan fingerprint density at radius 1 is 1.16 bits per heavy atom. The number of cyclic esters (lactones) is 1. The number of ether oxygens (including phenoxy) is 1. The van der Waals surface area contributed by atoms with Crippen LogP contribution in [0.2, 0.25) is 0 Å². The second kappa shape index (κ2) is 18.6. The van der Waals surface area contributed by atoms with Crippen LogP contribution in [0.3, 0.4) is 0 Å². The Balaban J connectivity index is 3.21. The maximum atomic E-state index is 13.4. The van der Waals surface area contributed by atoms with Crippen LogP contribution in [0.5, 0.6) is 0 Å². The van der Waals surface area contributed by atoms with Gasteiger partial charge in [-0.1, -0.05) is 58.6 Å². The van der Waals surface area contributed by atoms with Crippen molar-refractivity contribution < 1.29 is 28.8 Å². The van der Waals surface area contributed by atoms with Gasteiger partial charge in [-0.15, -0.1) is 0 Å². The number of carbonyl (C=O) groups excluding carboxylic acids is 4. The first kappa shape index (κ1) is 33.4. The van der Waals surface area contributed by atoms with Gasteiger partial charge in [0.05, 0.1) is 7.11 Å². The van der Waals surface area contributed by atoms with E-state index in [1.165, 1.54) is 20.6 Å². The molecule has 0 spiro atoms. The van der Waals surface area contributed by atoms with E-state index in [9.17, 15) is 19.2 Å². The smallest absolute Gasteiger partial charge is 0.408 e. The quantitative estimate of drug-likeness (QED) is 0.208. The van der Waals surface area contributed by atoms with Crippen molar-refractivity contribution in [3.63, 3.8) is 0 Å². The van der Waals surface area contributed by atoms with E-state index < -0.39 is 35.9 Å². The number of likely N-dealkylation sites (N-methyl/N-ethyl adjacent to an activating group) is 1. The molecule has 0 fully saturated rings. The number of amides is 4. The monoisotopic (exact) mass is 538 g/mol. The molecule has 10 heteroatoms. The van der Waals surface area contributed by atoms with E-state index in [2.05, 4.69) is 22.9 Å². The lowest BCUT2D eigenvalue weighted by molar-refractivity contribution is -0.172. The molecule has 0 saturated heterocycles. The Morgan fingerprint density at radius 2 is 1.87 bits per heavy atom. The highest BCUT2D eigenvalue weighted by atomic mass is 16.7. The van der Waals surface area contributed by atoms with Gasteiger partial charge in [-0.3, -0.25) is 19.2 Å². The molecule has 38 heavy (non-hydrogen) atoms. The van der Waals surface area contributed by atoms with E-state index in [0.29, 0.717) is 25.7 Å². The van der Waals surface area contributed by atoms with Crippen molar-refractivity contribution in [3.8, 4) is 0 Å². The van der Waals surface area contributed by atoms with Gasteiger partial charge in [0.2, 0.25) is 11.8 Å². The van der Waals surface area contributed by atoms with Gasteiger partial charge in [0.1, 0.15) is 18.2 Å². The van der Waals surface area contributed by atoms with Crippen molar-refractivity contribution >= 4 is 23.8 Å². The third-order valence-electron chi connectivity index (χ3n) is 6.80. The highest BCUT2D eigenvalue weighted by Crippen LogP contribution is 2.19. The van der Waals surface area contributed by atoms with Crippen LogP contribution in [-0.2, 0) is 24.0 Å². The van der Waals surface area contributed by atoms with Gasteiger partial charge in [0.15, 0.2) is 0 Å². The molecule has 0 aliphatic carbocycles. The van der Waals surface area contributed by atoms with Gasteiger partial charge in [-0.2, -0.15) is 0 Å². The van der Waals surface area contributed by atoms with Crippen molar-refractivity contribution in [1.29, 1.82) is 0 Å². The average molecular weight is 539 g/mol. The number of alkyl carbamates (subject to hydrolysis) is 1. The number of nitrogens with zero attached hydrogens (tertiary/aromatic N) is 1. The Hall–Kier alpha value is -2.62. The summed E-state index contributed by atoms with van der Waals surface area (Å²) in [6, 6.07) is -1.91. The maximum absolute atomic E-state index is 13.4. The van der Waals surface area contributed by atoms with E-state index in [-0.39, 0.29) is 24.3 Å². The number of hydroxylamine groups is 2. The average Bonchev–Trinajstić information content (AvgIpc) is 2.88. The number of hydrogen-bond acceptors (Lipinski definition) is 6. The number of allylic oxidation sites excluding steroid dienone is 2. The fraction of sp³-hybridized carbons (Fsp3) is 0.786. The summed E-state index contributed by atoms with van der Waals surface area (Å²) in [4.78, 5) is 57.0. The largest absolute Gasteiger partial charge is 0.446 e. The zero-order valence-corrected chi connectivity index (χ0v) is 24.2. The van der Waals surface area contributed by atoms with Crippen LogP contribution in [0.25, 0.3) is 0 Å². The summed E-state index contributed by atoms with van der Waals surface area (Å²) < 4.78 is 5.78. The van der Waals surface area contributed by atoms with Gasteiger partial charge in [-0.25, -0.2) is 9.86 Å². The van der Waals surface area contributed by atoms with Crippen LogP contribution in [-0.4, -0.2) is 68.3 Å². The van der Waals surface area contributed by atoms with Crippen molar-refractivity contribution in [2.75, 3.05) is 21.2 Å². The molecule has 0 saturated carbocycles. The second-order valence-corrected chi connectivity index (χ2v) is 10.5. The van der Waals surface area contributed by atoms with Crippen molar-refractivity contribution in [3.05, 3.63) is 12.2 Å². The van der Waals surface area contributed by atoms with E-state index in [4.69, 9.17) is 9.57 Å². The van der Waals surface area contributed by atoms with E-state index in [0.717, 1.165) is 37.2 Å². The first-order chi connectivity index (χ1) is 18.1. The molecule has 0 radical (unpaired) electrons. The molecule has 3 N–H and O–H groups in total. The molecule has 1 heterocycles. The topological polar surface area (TPSA) is 126 Å². The van der Waals surface area contributed by atoms with Crippen LogP contribution in [0.4, 0.5) is 4.79 Å². The fourth-order valence-corrected chi connectivity index (χ4v) is 4.53. The Morgan fingerprint density at radius 3 is 2.50 bits per heavy atom. The summed E-state index contributed by atoms with van der Waals surface area (Å²) in [5.41, 5.74) is 0. The molecule has 1 rings (SSSR count). The number of unbranched alkanes of at least 4 members (excludes halogenated alkanes) is 4. The van der Waals surface area contributed by atoms with Crippen molar-refractivity contribution in [2.24, 2.45) is 11.8 Å². The zero-order valence-electron chi connectivity index (χ0n) is 24.2. The van der Waals surface area contributed by atoms with Crippen molar-refractivity contribution in [1.82, 2.24) is 21.0 Å². The molecule has 1 aliphatic rings. The molecule has 0 aromatic carbocycles. The fourth-order valence-electron chi connectivity index (χ4n) is 4.53. The van der Waals surface area contributed by atoms with Crippen molar-refractivity contribution in [2.45, 2.75) is 110 Å². The van der Waals surface area contributed by atoms with Crippen LogP contribution < -0.4 is 16.0 Å². The predicted octanol–water partition coefficient (Wildman–Crippen LogP) is 3.85. The molecule has 4 atom stereocenters. The normalized spacial score (nSPS) is 23.4. The first-order valence-electron chi connectivity index (χ1n) is 14.1. The van der Waals surface area contributed by atoms with Gasteiger partial charge in [0, 0.05) is 20.0 Å². The molecule has 0 bridgehead atoms. The highest BCUT2D eigenvalue weighted by Gasteiger charge is 2.33. The molecule has 10 nitrogen and oxygen atoms in total. The van der Waals surface area contributed by atoms with E-state index in [1.54, 1.807) is 7.05 Å². The molecule has 4 amide bonds. The highest BCUT2D eigenvalue weighted by molar-refractivity contribution is 5.91.